The Morgan fingerprint density at radius 2 is 1.82 bits per heavy atom. The first-order valence-electron chi connectivity index (χ1n) is 6.55. The van der Waals surface area contributed by atoms with E-state index < -0.39 is 10.0 Å². The third-order valence-corrected chi connectivity index (χ3v) is 5.08. The third-order valence-electron chi connectivity index (χ3n) is 3.51. The van der Waals surface area contributed by atoms with E-state index in [0.717, 1.165) is 25.7 Å². The highest BCUT2D eigenvalue weighted by atomic mass is 32.2. The van der Waals surface area contributed by atoms with Crippen LogP contribution in [0.4, 0.5) is 0 Å². The van der Waals surface area contributed by atoms with Gasteiger partial charge in [-0.2, -0.15) is 0 Å². The van der Waals surface area contributed by atoms with Crippen molar-refractivity contribution < 1.29 is 13.5 Å². The van der Waals surface area contributed by atoms with Crippen LogP contribution in [-0.4, -0.2) is 31.9 Å². The molecule has 5 heteroatoms. The summed E-state index contributed by atoms with van der Waals surface area (Å²) < 4.78 is 26.5. The minimum atomic E-state index is -3.25. The summed E-state index contributed by atoms with van der Waals surface area (Å²) in [6.45, 7) is 3.68. The summed E-state index contributed by atoms with van der Waals surface area (Å²) in [5.41, 5.74) is 0. The van der Waals surface area contributed by atoms with Crippen molar-refractivity contribution in [2.24, 2.45) is 11.8 Å². The Balaban J connectivity index is 2.49. The molecule has 1 unspecified atom stereocenters. The maximum atomic E-state index is 12.0. The highest BCUT2D eigenvalue weighted by Crippen LogP contribution is 2.24. The number of aliphatic hydroxyl groups excluding tert-OH is 1. The Morgan fingerprint density at radius 3 is 2.29 bits per heavy atom. The fraction of sp³-hybridized carbons (Fsp3) is 1.00. The normalized spacial score (nSPS) is 20.7. The molecule has 1 rings (SSSR count). The van der Waals surface area contributed by atoms with Gasteiger partial charge in [0.15, 0.2) is 0 Å². The van der Waals surface area contributed by atoms with Crippen LogP contribution in [0, 0.1) is 11.8 Å². The molecule has 0 aromatic heterocycles. The van der Waals surface area contributed by atoms with Crippen LogP contribution in [0.1, 0.15) is 46.0 Å². The fourth-order valence-corrected chi connectivity index (χ4v) is 4.19. The lowest BCUT2D eigenvalue weighted by Crippen LogP contribution is -2.43. The van der Waals surface area contributed by atoms with Crippen molar-refractivity contribution >= 4 is 10.0 Å². The first-order valence-corrected chi connectivity index (χ1v) is 8.20. The average Bonchev–Trinajstić information content (AvgIpc) is 2.26. The summed E-state index contributed by atoms with van der Waals surface area (Å²) in [7, 11) is -3.25. The molecule has 4 nitrogen and oxygen atoms in total. The molecule has 1 atom stereocenters. The van der Waals surface area contributed by atoms with Crippen molar-refractivity contribution in [2.75, 3.05) is 12.4 Å². The van der Waals surface area contributed by atoms with Gasteiger partial charge in [-0.15, -0.1) is 0 Å². The average molecular weight is 263 g/mol. The lowest BCUT2D eigenvalue weighted by Gasteiger charge is -2.24. The maximum Gasteiger partial charge on any atom is 0.212 e. The van der Waals surface area contributed by atoms with E-state index in [4.69, 9.17) is 5.11 Å². The van der Waals surface area contributed by atoms with Gasteiger partial charge in [0.2, 0.25) is 10.0 Å². The molecule has 0 aromatic rings. The SMILES string of the molecule is CC(C)C(CO)NS(=O)(=O)CC1CCCCC1. The van der Waals surface area contributed by atoms with Crippen molar-refractivity contribution in [1.29, 1.82) is 0 Å². The van der Waals surface area contributed by atoms with Crippen molar-refractivity contribution in [3.05, 3.63) is 0 Å². The molecule has 102 valence electrons. The van der Waals surface area contributed by atoms with E-state index >= 15 is 0 Å². The van der Waals surface area contributed by atoms with E-state index in [1.165, 1.54) is 6.42 Å². The van der Waals surface area contributed by atoms with E-state index in [-0.39, 0.29) is 24.3 Å². The minimum absolute atomic E-state index is 0.112. The second-order valence-corrected chi connectivity index (χ2v) is 7.23. The molecule has 17 heavy (non-hydrogen) atoms. The highest BCUT2D eigenvalue weighted by molar-refractivity contribution is 7.89. The van der Waals surface area contributed by atoms with E-state index in [1.54, 1.807) is 0 Å². The van der Waals surface area contributed by atoms with Crippen LogP contribution in [0.3, 0.4) is 0 Å². The zero-order valence-electron chi connectivity index (χ0n) is 10.9. The van der Waals surface area contributed by atoms with Gasteiger partial charge in [0.25, 0.3) is 0 Å². The molecule has 2 N–H and O–H groups in total. The highest BCUT2D eigenvalue weighted by Gasteiger charge is 2.24. The predicted molar refractivity (Wildman–Crippen MR) is 69.2 cm³/mol. The molecule has 0 heterocycles. The number of aliphatic hydroxyl groups is 1. The van der Waals surface area contributed by atoms with Crippen LogP contribution < -0.4 is 4.72 Å². The Bertz CT molecular complexity index is 308. The largest absolute Gasteiger partial charge is 0.395 e. The van der Waals surface area contributed by atoms with Crippen LogP contribution >= 0.6 is 0 Å². The summed E-state index contributed by atoms with van der Waals surface area (Å²) in [4.78, 5) is 0. The molecule has 0 amide bonds. The zero-order valence-corrected chi connectivity index (χ0v) is 11.7. The topological polar surface area (TPSA) is 66.4 Å². The molecule has 1 fully saturated rings. The lowest BCUT2D eigenvalue weighted by molar-refractivity contribution is 0.227. The van der Waals surface area contributed by atoms with Crippen LogP contribution in [0.2, 0.25) is 0 Å². The molecule has 1 aliphatic rings. The van der Waals surface area contributed by atoms with Crippen LogP contribution in [0.25, 0.3) is 0 Å². The van der Waals surface area contributed by atoms with Gasteiger partial charge < -0.3 is 5.11 Å². The molecule has 0 spiro atoms. The van der Waals surface area contributed by atoms with E-state index in [0.29, 0.717) is 5.92 Å². The molecule has 0 aliphatic heterocycles. The Hall–Kier alpha value is -0.130. The summed E-state index contributed by atoms with van der Waals surface area (Å²) in [5, 5.41) is 9.14. The van der Waals surface area contributed by atoms with Gasteiger partial charge in [0, 0.05) is 6.04 Å². The number of hydrogen-bond donors (Lipinski definition) is 2. The van der Waals surface area contributed by atoms with Crippen molar-refractivity contribution in [3.63, 3.8) is 0 Å². The van der Waals surface area contributed by atoms with Crippen LogP contribution in [-0.2, 0) is 10.0 Å². The monoisotopic (exact) mass is 263 g/mol. The summed E-state index contributed by atoms with van der Waals surface area (Å²) >= 11 is 0. The fourth-order valence-electron chi connectivity index (χ4n) is 2.33. The first-order chi connectivity index (χ1) is 7.94. The minimum Gasteiger partial charge on any atom is -0.395 e. The molecule has 0 saturated heterocycles. The quantitative estimate of drug-likeness (QED) is 0.763. The number of nitrogens with one attached hydrogen (secondary N) is 1. The van der Waals surface area contributed by atoms with Crippen LogP contribution in [0.15, 0.2) is 0 Å². The molecule has 1 aliphatic carbocycles. The van der Waals surface area contributed by atoms with Gasteiger partial charge in [0.05, 0.1) is 12.4 Å². The predicted octanol–water partition coefficient (Wildman–Crippen LogP) is 1.50. The Morgan fingerprint density at radius 1 is 1.24 bits per heavy atom. The second kappa shape index (κ2) is 6.71. The van der Waals surface area contributed by atoms with Crippen molar-refractivity contribution in [1.82, 2.24) is 4.72 Å². The summed E-state index contributed by atoms with van der Waals surface area (Å²) in [6, 6.07) is -0.358. The summed E-state index contributed by atoms with van der Waals surface area (Å²) in [5.74, 6) is 0.629. The summed E-state index contributed by atoms with van der Waals surface area (Å²) in [6.07, 6.45) is 5.57. The smallest absolute Gasteiger partial charge is 0.212 e. The van der Waals surface area contributed by atoms with Gasteiger partial charge in [-0.1, -0.05) is 33.1 Å². The zero-order chi connectivity index (χ0) is 12.9. The van der Waals surface area contributed by atoms with Crippen LogP contribution in [0.5, 0.6) is 0 Å². The first kappa shape index (κ1) is 14.9. The molecular formula is C12H25NO3S. The van der Waals surface area contributed by atoms with Gasteiger partial charge >= 0.3 is 0 Å². The van der Waals surface area contributed by atoms with Gasteiger partial charge in [0.1, 0.15) is 0 Å². The van der Waals surface area contributed by atoms with Gasteiger partial charge in [-0.05, 0) is 24.7 Å². The van der Waals surface area contributed by atoms with Gasteiger partial charge in [-0.3, -0.25) is 0 Å². The molecule has 0 radical (unpaired) electrons. The van der Waals surface area contributed by atoms with E-state index in [9.17, 15) is 8.42 Å². The molecule has 0 aromatic carbocycles. The van der Waals surface area contributed by atoms with Crippen molar-refractivity contribution in [3.8, 4) is 0 Å². The Kier molecular flexibility index (Phi) is 5.89. The van der Waals surface area contributed by atoms with E-state index in [1.807, 2.05) is 13.8 Å². The van der Waals surface area contributed by atoms with E-state index in [2.05, 4.69) is 4.72 Å². The second-order valence-electron chi connectivity index (χ2n) is 5.44. The number of rotatable bonds is 6. The molecular weight excluding hydrogens is 238 g/mol. The molecule has 1 saturated carbocycles. The molecule has 0 bridgehead atoms. The standard InChI is InChI=1S/C12H25NO3S/c1-10(2)12(8-14)13-17(15,16)9-11-6-4-3-5-7-11/h10-14H,3-9H2,1-2H3. The number of sulfonamides is 1. The lowest BCUT2D eigenvalue weighted by atomic mass is 9.91. The third kappa shape index (κ3) is 5.36. The van der Waals surface area contributed by atoms with Crippen molar-refractivity contribution in [2.45, 2.75) is 52.0 Å². The number of hydrogen-bond acceptors (Lipinski definition) is 3. The Labute approximate surface area is 105 Å². The maximum absolute atomic E-state index is 12.0. The van der Waals surface area contributed by atoms with Gasteiger partial charge in [-0.25, -0.2) is 13.1 Å².